The van der Waals surface area contributed by atoms with E-state index in [1.54, 1.807) is 12.1 Å². The number of allylic oxidation sites excluding steroid dienone is 3. The Labute approximate surface area is 137 Å². The molecule has 0 radical (unpaired) electrons. The topological polar surface area (TPSA) is 95.5 Å². The van der Waals surface area contributed by atoms with E-state index >= 15 is 0 Å². The largest absolute Gasteiger partial charge is 0.508 e. The van der Waals surface area contributed by atoms with Crippen molar-refractivity contribution in [3.8, 4) is 0 Å². The Kier molecular flexibility index (Phi) is 4.37. The van der Waals surface area contributed by atoms with Crippen molar-refractivity contribution in [2.45, 2.75) is 6.17 Å². The minimum atomic E-state index is -1.38. The number of nitrogens with zero attached hydrogens (tertiary/aromatic N) is 2. The van der Waals surface area contributed by atoms with E-state index in [2.05, 4.69) is 10.2 Å². The third-order valence-corrected chi connectivity index (χ3v) is 4.54. The average Bonchev–Trinajstić information content (AvgIpc) is 2.99. The number of alkyl halides is 1. The van der Waals surface area contributed by atoms with Crippen LogP contribution in [0.25, 0.3) is 0 Å². The van der Waals surface area contributed by atoms with Gasteiger partial charge in [-0.25, -0.2) is 9.49 Å². The quantitative estimate of drug-likeness (QED) is 0.799. The number of aromatic nitrogens is 2. The molecule has 0 aromatic carbocycles. The zero-order chi connectivity index (χ0) is 17.3. The maximum atomic E-state index is 14.4. The van der Waals surface area contributed by atoms with Gasteiger partial charge in [-0.2, -0.15) is 5.10 Å². The molecule has 2 N–H and O–H groups in total. The molecule has 1 aliphatic carbocycles. The van der Waals surface area contributed by atoms with Gasteiger partial charge < -0.3 is 14.7 Å². The van der Waals surface area contributed by atoms with Gasteiger partial charge in [-0.15, -0.1) is 0 Å². The Morgan fingerprint density at radius 3 is 2.88 bits per heavy atom. The average molecular weight is 335 g/mol. The molecule has 1 aromatic heterocycles. The monoisotopic (exact) mass is 335 g/mol. The van der Waals surface area contributed by atoms with Crippen LogP contribution in [-0.2, 0) is 9.53 Å². The Morgan fingerprint density at radius 1 is 1.46 bits per heavy atom. The molecule has 2 aliphatic rings. The predicted octanol–water partition coefficient (Wildman–Crippen LogP) is 0.961. The van der Waals surface area contributed by atoms with Gasteiger partial charge in [-0.1, -0.05) is 6.08 Å². The van der Waals surface area contributed by atoms with Gasteiger partial charge in [0.1, 0.15) is 17.7 Å². The Morgan fingerprint density at radius 2 is 2.25 bits per heavy atom. The van der Waals surface area contributed by atoms with Crippen LogP contribution in [0.1, 0.15) is 0 Å². The minimum absolute atomic E-state index is 0.120. The van der Waals surface area contributed by atoms with Crippen LogP contribution in [0.4, 0.5) is 10.2 Å². The summed E-state index contributed by atoms with van der Waals surface area (Å²) >= 11 is 0. The number of carbonyl (C=O) groups excluding carboxylic acids is 1. The van der Waals surface area contributed by atoms with Crippen molar-refractivity contribution in [1.29, 1.82) is 0 Å². The molecule has 24 heavy (non-hydrogen) atoms. The predicted molar refractivity (Wildman–Crippen MR) is 84.3 cm³/mol. The fourth-order valence-electron chi connectivity index (χ4n) is 3.34. The lowest BCUT2D eigenvalue weighted by Gasteiger charge is -2.27. The standard InChI is InChI=1S/C16H18FN3O4/c1-24-16(23)12-8-20(14-4-5-15(22)19-18-14)7-11(12)10-3-2-9(21)6-13(10)17/h2-6,10-13,21H,7-8H2,1H3,(H,19,22)/t10?,11-,12+,13?/m0/s1. The lowest BCUT2D eigenvalue weighted by molar-refractivity contribution is -0.146. The van der Waals surface area contributed by atoms with Crippen molar-refractivity contribution in [3.63, 3.8) is 0 Å². The second kappa shape index (κ2) is 6.46. The highest BCUT2D eigenvalue weighted by atomic mass is 19.1. The van der Waals surface area contributed by atoms with E-state index in [0.29, 0.717) is 18.9 Å². The number of H-pyrrole nitrogens is 1. The normalized spacial score (nSPS) is 29.4. The first kappa shape index (κ1) is 16.2. The number of anilines is 1. The Balaban J connectivity index is 1.86. The molecule has 7 nitrogen and oxygen atoms in total. The fourth-order valence-corrected chi connectivity index (χ4v) is 3.34. The highest BCUT2D eigenvalue weighted by Gasteiger charge is 2.45. The molecule has 128 valence electrons. The first-order valence-electron chi connectivity index (χ1n) is 7.61. The molecule has 0 saturated carbocycles. The summed E-state index contributed by atoms with van der Waals surface area (Å²) in [6.07, 6.45) is 2.79. The van der Waals surface area contributed by atoms with Crippen LogP contribution in [0.3, 0.4) is 0 Å². The summed E-state index contributed by atoms with van der Waals surface area (Å²) in [5.74, 6) is -1.42. The van der Waals surface area contributed by atoms with Crippen LogP contribution in [-0.4, -0.2) is 47.6 Å². The molecule has 1 fully saturated rings. The molecule has 1 aromatic rings. The molecule has 0 amide bonds. The number of ether oxygens (including phenoxy) is 1. The lowest BCUT2D eigenvalue weighted by Crippen LogP contribution is -2.33. The van der Waals surface area contributed by atoms with E-state index < -0.39 is 24.0 Å². The highest BCUT2D eigenvalue weighted by molar-refractivity contribution is 5.74. The van der Waals surface area contributed by atoms with Crippen LogP contribution >= 0.6 is 0 Å². The number of hydrogen-bond donors (Lipinski definition) is 2. The molecule has 1 aliphatic heterocycles. The molecular formula is C16H18FN3O4. The van der Waals surface area contributed by atoms with Gasteiger partial charge in [-0.05, 0) is 18.2 Å². The molecule has 1 saturated heterocycles. The van der Waals surface area contributed by atoms with Gasteiger partial charge in [0.05, 0.1) is 13.0 Å². The van der Waals surface area contributed by atoms with Crippen LogP contribution in [0, 0.1) is 17.8 Å². The van der Waals surface area contributed by atoms with Crippen LogP contribution in [0.15, 0.2) is 40.9 Å². The summed E-state index contributed by atoms with van der Waals surface area (Å²) < 4.78 is 19.2. The summed E-state index contributed by atoms with van der Waals surface area (Å²) in [6, 6.07) is 2.91. The number of halogens is 1. The third kappa shape index (κ3) is 3.04. The van der Waals surface area contributed by atoms with Crippen molar-refractivity contribution in [2.24, 2.45) is 17.8 Å². The third-order valence-electron chi connectivity index (χ3n) is 4.54. The summed E-state index contributed by atoms with van der Waals surface area (Å²) in [4.78, 5) is 25.1. The van der Waals surface area contributed by atoms with Gasteiger partial charge >= 0.3 is 5.97 Å². The summed E-state index contributed by atoms with van der Waals surface area (Å²) in [5, 5.41) is 15.7. The van der Waals surface area contributed by atoms with Crippen molar-refractivity contribution in [3.05, 3.63) is 46.5 Å². The van der Waals surface area contributed by atoms with Gasteiger partial charge in [0.15, 0.2) is 0 Å². The van der Waals surface area contributed by atoms with E-state index in [1.165, 1.54) is 19.3 Å². The summed E-state index contributed by atoms with van der Waals surface area (Å²) in [7, 11) is 1.30. The lowest BCUT2D eigenvalue weighted by atomic mass is 9.79. The minimum Gasteiger partial charge on any atom is -0.508 e. The van der Waals surface area contributed by atoms with Crippen molar-refractivity contribution >= 4 is 11.8 Å². The maximum Gasteiger partial charge on any atom is 0.310 e. The van der Waals surface area contributed by atoms with Crippen LogP contribution in [0.5, 0.6) is 0 Å². The Hall–Kier alpha value is -2.64. The number of aliphatic hydroxyl groups excluding tert-OH is 1. The van der Waals surface area contributed by atoms with E-state index in [4.69, 9.17) is 4.74 Å². The van der Waals surface area contributed by atoms with Gasteiger partial charge in [0.25, 0.3) is 5.56 Å². The zero-order valence-electron chi connectivity index (χ0n) is 13.1. The molecule has 4 atom stereocenters. The second-order valence-electron chi connectivity index (χ2n) is 5.95. The van der Waals surface area contributed by atoms with Crippen molar-refractivity contribution in [1.82, 2.24) is 10.2 Å². The summed E-state index contributed by atoms with van der Waals surface area (Å²) in [6.45, 7) is 0.714. The summed E-state index contributed by atoms with van der Waals surface area (Å²) in [5.41, 5.74) is -0.321. The number of rotatable bonds is 3. The first-order chi connectivity index (χ1) is 11.5. The number of hydrogen-bond acceptors (Lipinski definition) is 6. The Bertz CT molecular complexity index is 725. The maximum absolute atomic E-state index is 14.4. The smallest absolute Gasteiger partial charge is 0.310 e. The number of esters is 1. The number of nitrogens with one attached hydrogen (secondary N) is 1. The molecular weight excluding hydrogens is 317 g/mol. The van der Waals surface area contributed by atoms with Crippen LogP contribution in [0.2, 0.25) is 0 Å². The number of aliphatic hydroxyl groups is 1. The SMILES string of the molecule is COC(=O)[C@@H]1CN(c2ccc(=O)[nH]n2)C[C@H]1C1C=CC(O)=CC1F. The highest BCUT2D eigenvalue weighted by Crippen LogP contribution is 2.37. The van der Waals surface area contributed by atoms with E-state index in [-0.39, 0.29) is 17.2 Å². The second-order valence-corrected chi connectivity index (χ2v) is 5.95. The van der Waals surface area contributed by atoms with E-state index in [0.717, 1.165) is 6.08 Å². The molecule has 0 bridgehead atoms. The molecule has 3 rings (SSSR count). The van der Waals surface area contributed by atoms with E-state index in [1.807, 2.05) is 4.90 Å². The fraction of sp³-hybridized carbons (Fsp3) is 0.438. The zero-order valence-corrected chi connectivity index (χ0v) is 13.1. The molecule has 8 heteroatoms. The molecule has 2 heterocycles. The van der Waals surface area contributed by atoms with Crippen molar-refractivity contribution < 1.29 is 19.0 Å². The van der Waals surface area contributed by atoms with Gasteiger partial charge in [0, 0.05) is 31.0 Å². The van der Waals surface area contributed by atoms with Gasteiger partial charge in [0.2, 0.25) is 0 Å². The number of aromatic amines is 1. The molecule has 0 spiro atoms. The van der Waals surface area contributed by atoms with Crippen LogP contribution < -0.4 is 10.5 Å². The van der Waals surface area contributed by atoms with Crippen molar-refractivity contribution in [2.75, 3.05) is 25.1 Å². The molecule has 2 unspecified atom stereocenters. The number of methoxy groups -OCH3 is 1. The van der Waals surface area contributed by atoms with Gasteiger partial charge in [-0.3, -0.25) is 9.59 Å². The van der Waals surface area contributed by atoms with E-state index in [9.17, 15) is 19.1 Å². The number of carbonyl (C=O) groups is 1. The first-order valence-corrected chi connectivity index (χ1v) is 7.61.